The number of likely N-dealkylation sites (N-methyl/N-ethyl adjacent to an activating group) is 1. The molecule has 0 unspecified atom stereocenters. The molecule has 4 nitrogen and oxygen atoms in total. The molecule has 1 aromatic rings. The first-order chi connectivity index (χ1) is 8.45. The Morgan fingerprint density at radius 2 is 2.11 bits per heavy atom. The topological polar surface area (TPSA) is 49.8 Å². The van der Waals surface area contributed by atoms with E-state index < -0.39 is 5.60 Å². The van der Waals surface area contributed by atoms with E-state index >= 15 is 0 Å². The number of fused-ring (bicyclic) bond motifs is 1. The maximum absolute atomic E-state index is 12.1. The van der Waals surface area contributed by atoms with Crippen LogP contribution in [0.1, 0.15) is 25.8 Å². The molecule has 0 aromatic heterocycles. The van der Waals surface area contributed by atoms with Crippen LogP contribution in [-0.2, 0) is 11.2 Å². The number of nitrogens with zero attached hydrogens (tertiary/aromatic N) is 1. The van der Waals surface area contributed by atoms with Gasteiger partial charge in [0.05, 0.1) is 5.69 Å². The Morgan fingerprint density at radius 3 is 2.78 bits per heavy atom. The number of anilines is 1. The minimum Gasteiger partial charge on any atom is -0.476 e. The van der Waals surface area contributed by atoms with Gasteiger partial charge in [0.1, 0.15) is 5.75 Å². The lowest BCUT2D eigenvalue weighted by Gasteiger charge is -2.37. The minimum absolute atomic E-state index is 0.0469. The third-order valence-electron chi connectivity index (χ3n) is 3.19. The summed E-state index contributed by atoms with van der Waals surface area (Å²) in [5, 5.41) is 8.84. The van der Waals surface area contributed by atoms with E-state index in [-0.39, 0.29) is 12.5 Å². The average Bonchev–Trinajstić information content (AvgIpc) is 2.34. The Balaban J connectivity index is 2.33. The second-order valence-corrected chi connectivity index (χ2v) is 5.11. The van der Waals surface area contributed by atoms with Crippen molar-refractivity contribution < 1.29 is 14.6 Å². The van der Waals surface area contributed by atoms with Crippen molar-refractivity contribution in [3.63, 3.8) is 0 Å². The summed E-state index contributed by atoms with van der Waals surface area (Å²) in [6, 6.07) is 5.83. The van der Waals surface area contributed by atoms with E-state index in [4.69, 9.17) is 9.84 Å². The largest absolute Gasteiger partial charge is 0.476 e. The number of aliphatic hydroxyl groups excluding tert-OH is 1. The van der Waals surface area contributed by atoms with E-state index in [2.05, 4.69) is 0 Å². The average molecular weight is 249 g/mol. The fraction of sp³-hybridized carbons (Fsp3) is 0.500. The molecule has 0 bridgehead atoms. The Kier molecular flexibility index (Phi) is 3.30. The molecule has 2 rings (SSSR count). The number of carbonyl (C=O) groups is 1. The van der Waals surface area contributed by atoms with Gasteiger partial charge in [0.15, 0.2) is 5.60 Å². The highest BCUT2D eigenvalue weighted by atomic mass is 16.5. The molecule has 0 saturated carbocycles. The summed E-state index contributed by atoms with van der Waals surface area (Å²) in [5.41, 5.74) is 1.09. The van der Waals surface area contributed by atoms with Crippen molar-refractivity contribution in [3.05, 3.63) is 23.8 Å². The zero-order chi connectivity index (χ0) is 13.3. The van der Waals surface area contributed by atoms with Gasteiger partial charge in [0.25, 0.3) is 5.91 Å². The molecule has 0 aliphatic carbocycles. The zero-order valence-electron chi connectivity index (χ0n) is 11.1. The normalized spacial score (nSPS) is 17.3. The first-order valence-corrected chi connectivity index (χ1v) is 6.16. The van der Waals surface area contributed by atoms with Gasteiger partial charge in [-0.3, -0.25) is 4.79 Å². The van der Waals surface area contributed by atoms with Crippen molar-refractivity contribution in [1.29, 1.82) is 0 Å². The molecule has 1 aliphatic heterocycles. The summed E-state index contributed by atoms with van der Waals surface area (Å²) < 4.78 is 5.72. The summed E-state index contributed by atoms with van der Waals surface area (Å²) >= 11 is 0. The number of carbonyl (C=O) groups excluding carboxylic acids is 1. The van der Waals surface area contributed by atoms with E-state index in [0.29, 0.717) is 0 Å². The highest BCUT2D eigenvalue weighted by Gasteiger charge is 2.39. The maximum atomic E-state index is 12.1. The van der Waals surface area contributed by atoms with Crippen molar-refractivity contribution in [2.24, 2.45) is 0 Å². The fourth-order valence-corrected chi connectivity index (χ4v) is 2.18. The molecule has 0 radical (unpaired) electrons. The van der Waals surface area contributed by atoms with Gasteiger partial charge in [0.2, 0.25) is 0 Å². The number of ether oxygens (including phenoxy) is 1. The molecular formula is C14H19NO3. The number of hydrogen-bond donors (Lipinski definition) is 1. The second-order valence-electron chi connectivity index (χ2n) is 5.11. The molecule has 0 saturated heterocycles. The van der Waals surface area contributed by atoms with Crippen LogP contribution in [0.2, 0.25) is 0 Å². The molecular weight excluding hydrogens is 230 g/mol. The molecule has 18 heavy (non-hydrogen) atoms. The number of hydrogen-bond acceptors (Lipinski definition) is 3. The van der Waals surface area contributed by atoms with Gasteiger partial charge < -0.3 is 14.7 Å². The highest BCUT2D eigenvalue weighted by Crippen LogP contribution is 2.37. The lowest BCUT2D eigenvalue weighted by atomic mass is 10.0. The molecule has 1 amide bonds. The van der Waals surface area contributed by atoms with Gasteiger partial charge in [-0.05, 0) is 44.4 Å². The van der Waals surface area contributed by atoms with Crippen LogP contribution in [0.5, 0.6) is 5.75 Å². The fourth-order valence-electron chi connectivity index (χ4n) is 2.18. The summed E-state index contributed by atoms with van der Waals surface area (Å²) in [5.74, 6) is 0.684. The van der Waals surface area contributed by atoms with Crippen molar-refractivity contribution >= 4 is 11.6 Å². The van der Waals surface area contributed by atoms with Crippen LogP contribution in [0, 0.1) is 0 Å². The van der Waals surface area contributed by atoms with Crippen LogP contribution < -0.4 is 9.64 Å². The van der Waals surface area contributed by atoms with E-state index in [1.54, 1.807) is 25.8 Å². The van der Waals surface area contributed by atoms with Crippen LogP contribution in [0.3, 0.4) is 0 Å². The number of rotatable bonds is 3. The third-order valence-corrected chi connectivity index (χ3v) is 3.19. The summed E-state index contributed by atoms with van der Waals surface area (Å²) in [6.07, 6.45) is 1.53. The van der Waals surface area contributed by atoms with Gasteiger partial charge in [-0.1, -0.05) is 6.07 Å². The SMILES string of the molecule is CN1C(=O)C(C)(C)Oc2ccc(CCCO)cc21. The Labute approximate surface area is 107 Å². The second kappa shape index (κ2) is 4.61. The van der Waals surface area contributed by atoms with Gasteiger partial charge in [0, 0.05) is 13.7 Å². The first-order valence-electron chi connectivity index (χ1n) is 6.16. The molecule has 0 atom stereocenters. The van der Waals surface area contributed by atoms with Crippen molar-refractivity contribution in [2.45, 2.75) is 32.3 Å². The maximum Gasteiger partial charge on any atom is 0.270 e. The van der Waals surface area contributed by atoms with Gasteiger partial charge in [-0.15, -0.1) is 0 Å². The van der Waals surface area contributed by atoms with Crippen LogP contribution in [0.4, 0.5) is 5.69 Å². The lowest BCUT2D eigenvalue weighted by molar-refractivity contribution is -0.132. The molecule has 1 heterocycles. The molecule has 0 spiro atoms. The molecule has 0 fully saturated rings. The number of amides is 1. The van der Waals surface area contributed by atoms with Crippen molar-refractivity contribution in [3.8, 4) is 5.75 Å². The zero-order valence-corrected chi connectivity index (χ0v) is 11.1. The Bertz CT molecular complexity index is 468. The standard InChI is InChI=1S/C14H19NO3/c1-14(2)13(17)15(3)11-9-10(5-4-8-16)6-7-12(11)18-14/h6-7,9,16H,4-5,8H2,1-3H3. The number of aryl methyl sites for hydroxylation is 1. The first kappa shape index (κ1) is 12.9. The van der Waals surface area contributed by atoms with E-state index in [9.17, 15) is 4.79 Å². The van der Waals surface area contributed by atoms with Crippen molar-refractivity contribution in [1.82, 2.24) is 0 Å². The minimum atomic E-state index is -0.811. The molecule has 98 valence electrons. The Morgan fingerprint density at radius 1 is 1.39 bits per heavy atom. The van der Waals surface area contributed by atoms with Gasteiger partial charge >= 0.3 is 0 Å². The molecule has 4 heteroatoms. The summed E-state index contributed by atoms with van der Waals surface area (Å²) in [6.45, 7) is 3.72. The van der Waals surface area contributed by atoms with E-state index in [1.807, 2.05) is 18.2 Å². The molecule has 1 aromatic carbocycles. The van der Waals surface area contributed by atoms with E-state index in [0.717, 1.165) is 29.8 Å². The van der Waals surface area contributed by atoms with Crippen LogP contribution in [-0.4, -0.2) is 30.3 Å². The van der Waals surface area contributed by atoms with Crippen LogP contribution >= 0.6 is 0 Å². The van der Waals surface area contributed by atoms with Gasteiger partial charge in [-0.2, -0.15) is 0 Å². The lowest BCUT2D eigenvalue weighted by Crippen LogP contribution is -2.50. The monoisotopic (exact) mass is 249 g/mol. The van der Waals surface area contributed by atoms with Crippen molar-refractivity contribution in [2.75, 3.05) is 18.6 Å². The van der Waals surface area contributed by atoms with Crippen LogP contribution in [0.25, 0.3) is 0 Å². The number of benzene rings is 1. The van der Waals surface area contributed by atoms with Crippen LogP contribution in [0.15, 0.2) is 18.2 Å². The third kappa shape index (κ3) is 2.20. The quantitative estimate of drug-likeness (QED) is 0.887. The number of aliphatic hydroxyl groups is 1. The predicted octanol–water partition coefficient (Wildman–Crippen LogP) is 1.75. The molecule has 1 N–H and O–H groups in total. The Hall–Kier alpha value is -1.55. The molecule has 1 aliphatic rings. The smallest absolute Gasteiger partial charge is 0.270 e. The predicted molar refractivity (Wildman–Crippen MR) is 70.0 cm³/mol. The van der Waals surface area contributed by atoms with Gasteiger partial charge in [-0.25, -0.2) is 0 Å². The highest BCUT2D eigenvalue weighted by molar-refractivity contribution is 6.01. The summed E-state index contributed by atoms with van der Waals surface area (Å²) in [7, 11) is 1.77. The summed E-state index contributed by atoms with van der Waals surface area (Å²) in [4.78, 5) is 13.7. The van der Waals surface area contributed by atoms with E-state index in [1.165, 1.54) is 0 Å².